The van der Waals surface area contributed by atoms with Crippen LogP contribution in [-0.2, 0) is 9.59 Å². The van der Waals surface area contributed by atoms with Gasteiger partial charge in [-0.2, -0.15) is 4.98 Å². The number of rotatable bonds is 6. The van der Waals surface area contributed by atoms with Crippen LogP contribution in [0.2, 0.25) is 0 Å². The average Bonchev–Trinajstić information content (AvgIpc) is 3.36. The van der Waals surface area contributed by atoms with Crippen molar-refractivity contribution in [1.82, 2.24) is 9.97 Å². The molecule has 2 aliphatic heterocycles. The first-order valence-corrected chi connectivity index (χ1v) is 13.4. The van der Waals surface area contributed by atoms with Gasteiger partial charge in [-0.05, 0) is 38.0 Å². The number of nitrogens with two attached hydrogens (primary N) is 2. The molecule has 1 amide bonds. The second-order valence-electron chi connectivity index (χ2n) is 10.4. The molecule has 208 valence electrons. The van der Waals surface area contributed by atoms with Gasteiger partial charge in [0.05, 0.1) is 24.0 Å². The van der Waals surface area contributed by atoms with Gasteiger partial charge in [-0.15, -0.1) is 0 Å². The van der Waals surface area contributed by atoms with E-state index < -0.39 is 11.9 Å². The van der Waals surface area contributed by atoms with E-state index in [2.05, 4.69) is 20.6 Å². The van der Waals surface area contributed by atoms with Crippen molar-refractivity contribution in [1.29, 1.82) is 0 Å². The lowest BCUT2D eigenvalue weighted by molar-refractivity contribution is -0.136. The minimum absolute atomic E-state index is 0.0179. The highest BCUT2D eigenvalue weighted by Gasteiger charge is 2.32. The zero-order chi connectivity index (χ0) is 27.8. The van der Waals surface area contributed by atoms with Crippen LogP contribution < -0.4 is 36.3 Å². The third-order valence-corrected chi connectivity index (χ3v) is 7.48. The smallest absolute Gasteiger partial charge is 0.311 e. The van der Waals surface area contributed by atoms with Crippen LogP contribution in [0.1, 0.15) is 55.6 Å². The van der Waals surface area contributed by atoms with Crippen molar-refractivity contribution < 1.29 is 23.8 Å². The maximum atomic E-state index is 13.2. The highest BCUT2D eigenvalue weighted by molar-refractivity contribution is 5.95. The predicted molar refractivity (Wildman–Crippen MR) is 149 cm³/mol. The van der Waals surface area contributed by atoms with E-state index in [0.29, 0.717) is 28.6 Å². The number of aromatic nitrogens is 2. The number of fused-ring (bicyclic) bond motifs is 3. The molecule has 12 heteroatoms. The quantitative estimate of drug-likeness (QED) is 0.156. The number of benzene rings is 2. The van der Waals surface area contributed by atoms with Gasteiger partial charge < -0.3 is 31.0 Å². The summed E-state index contributed by atoms with van der Waals surface area (Å²) in [6, 6.07) is 9.18. The Hall–Kier alpha value is -4.61. The van der Waals surface area contributed by atoms with Gasteiger partial charge in [0.25, 0.3) is 0 Å². The number of guanidine groups is 1. The monoisotopic (exact) mass is 545 g/mol. The van der Waals surface area contributed by atoms with Gasteiger partial charge in [-0.25, -0.2) is 9.98 Å². The zero-order valence-electron chi connectivity index (χ0n) is 22.1. The Balaban J connectivity index is 1.25. The lowest BCUT2D eigenvalue weighted by Gasteiger charge is -2.30. The molecule has 1 aromatic heterocycles. The van der Waals surface area contributed by atoms with E-state index in [4.69, 9.17) is 30.7 Å². The zero-order valence-corrected chi connectivity index (χ0v) is 22.1. The summed E-state index contributed by atoms with van der Waals surface area (Å²) >= 11 is 0. The summed E-state index contributed by atoms with van der Waals surface area (Å²) in [5, 5.41) is 7.21. The Labute approximate surface area is 230 Å². The summed E-state index contributed by atoms with van der Waals surface area (Å²) < 4.78 is 16.3. The van der Waals surface area contributed by atoms with Crippen LogP contribution in [0.5, 0.6) is 17.2 Å². The van der Waals surface area contributed by atoms with E-state index in [-0.39, 0.29) is 49.5 Å². The number of hydrogen-bond acceptors (Lipinski definition) is 9. The second-order valence-corrected chi connectivity index (χ2v) is 10.4. The van der Waals surface area contributed by atoms with E-state index in [1.165, 1.54) is 0 Å². The summed E-state index contributed by atoms with van der Waals surface area (Å²) in [4.78, 5) is 39.3. The fourth-order valence-corrected chi connectivity index (χ4v) is 5.61. The van der Waals surface area contributed by atoms with Gasteiger partial charge in [0.2, 0.25) is 18.6 Å². The molecule has 0 bridgehead atoms. The molecule has 0 spiro atoms. The number of carbonyl (C=O) groups is 2. The van der Waals surface area contributed by atoms with Gasteiger partial charge in [-0.3, -0.25) is 14.9 Å². The first kappa shape index (κ1) is 25.7. The van der Waals surface area contributed by atoms with Gasteiger partial charge >= 0.3 is 5.97 Å². The van der Waals surface area contributed by atoms with Crippen LogP contribution in [0.3, 0.4) is 0 Å². The Morgan fingerprint density at radius 3 is 2.70 bits per heavy atom. The predicted octanol–water partition coefficient (Wildman–Crippen LogP) is 3.08. The molecule has 0 saturated heterocycles. The lowest BCUT2D eigenvalue weighted by Crippen LogP contribution is -2.38. The molecule has 1 saturated carbocycles. The molecule has 3 heterocycles. The highest BCUT2D eigenvalue weighted by atomic mass is 16.7. The lowest BCUT2D eigenvalue weighted by atomic mass is 9.89. The topological polar surface area (TPSA) is 176 Å². The first-order chi connectivity index (χ1) is 19.3. The van der Waals surface area contributed by atoms with Gasteiger partial charge in [0.15, 0.2) is 17.5 Å². The minimum atomic E-state index is -0.407. The average molecular weight is 546 g/mol. The van der Waals surface area contributed by atoms with E-state index in [1.54, 1.807) is 12.1 Å². The van der Waals surface area contributed by atoms with Crippen molar-refractivity contribution in [2.24, 2.45) is 16.5 Å². The summed E-state index contributed by atoms with van der Waals surface area (Å²) in [5.74, 6) is 1.16. The Morgan fingerprint density at radius 2 is 1.88 bits per heavy atom. The summed E-state index contributed by atoms with van der Waals surface area (Å²) in [6.45, 7) is 2.10. The van der Waals surface area contributed by atoms with Crippen molar-refractivity contribution in [3.8, 4) is 17.2 Å². The minimum Gasteiger partial charge on any atom is -0.454 e. The molecule has 3 atom stereocenters. The molecule has 1 fully saturated rings. The van der Waals surface area contributed by atoms with Gasteiger partial charge in [0, 0.05) is 29.4 Å². The third-order valence-electron chi connectivity index (χ3n) is 7.48. The number of ether oxygens (including phenoxy) is 3. The Morgan fingerprint density at radius 1 is 1.07 bits per heavy atom. The van der Waals surface area contributed by atoms with Crippen LogP contribution in [0.4, 0.5) is 11.8 Å². The number of nitrogens with one attached hydrogen (secondary N) is 2. The molecular formula is C28H31N7O5. The van der Waals surface area contributed by atoms with E-state index in [9.17, 15) is 9.59 Å². The van der Waals surface area contributed by atoms with Gasteiger partial charge in [0.1, 0.15) is 11.6 Å². The SMILES string of the molecule is Cc1ccc2nc(NC(=O)CC3CC(=O)Oc4cc5c(cc43)OCO5)nc(NC3CCCCC3N=C(N)N)c2c1. The van der Waals surface area contributed by atoms with E-state index >= 15 is 0 Å². The molecule has 6 rings (SSSR count). The van der Waals surface area contributed by atoms with Crippen molar-refractivity contribution in [2.45, 2.75) is 63.5 Å². The van der Waals surface area contributed by atoms with Crippen molar-refractivity contribution in [3.05, 3.63) is 41.5 Å². The molecular weight excluding hydrogens is 514 g/mol. The van der Waals surface area contributed by atoms with E-state index in [1.807, 2.05) is 25.1 Å². The summed E-state index contributed by atoms with van der Waals surface area (Å²) in [7, 11) is 0. The fourth-order valence-electron chi connectivity index (χ4n) is 5.61. The molecule has 1 aliphatic carbocycles. The van der Waals surface area contributed by atoms with Crippen LogP contribution in [0.25, 0.3) is 10.9 Å². The number of aryl methyl sites for hydroxylation is 1. The summed E-state index contributed by atoms with van der Waals surface area (Å²) in [5.41, 5.74) is 13.9. The van der Waals surface area contributed by atoms with Crippen LogP contribution >= 0.6 is 0 Å². The standard InChI is InChI=1S/C28H31N7O5/c1-14-6-7-18-17(8-14)26(31-19-4-2-3-5-20(19)32-27(29)30)35-28(33-18)34-24(36)9-15-10-25(37)40-21-12-23-22(11-16(15)21)38-13-39-23/h6-8,11-12,15,19-20H,2-5,9-10,13H2,1H3,(H4,29,30,32)(H2,31,33,34,35,36). The second kappa shape index (κ2) is 10.5. The number of carbonyl (C=O) groups excluding carboxylic acids is 2. The molecule has 12 nitrogen and oxygen atoms in total. The van der Waals surface area contributed by atoms with Crippen LogP contribution in [0.15, 0.2) is 35.3 Å². The molecule has 3 aliphatic rings. The molecule has 6 N–H and O–H groups in total. The number of esters is 1. The number of nitrogens with zero attached hydrogens (tertiary/aromatic N) is 3. The number of anilines is 2. The maximum absolute atomic E-state index is 13.2. The van der Waals surface area contributed by atoms with Crippen molar-refractivity contribution in [2.75, 3.05) is 17.4 Å². The van der Waals surface area contributed by atoms with E-state index in [0.717, 1.165) is 42.2 Å². The molecule has 0 radical (unpaired) electrons. The molecule has 40 heavy (non-hydrogen) atoms. The van der Waals surface area contributed by atoms with Gasteiger partial charge in [-0.1, -0.05) is 24.5 Å². The van der Waals surface area contributed by atoms with Crippen LogP contribution in [0, 0.1) is 6.92 Å². The first-order valence-electron chi connectivity index (χ1n) is 13.4. The Kier molecular flexibility index (Phi) is 6.74. The normalized spacial score (nSPS) is 21.3. The van der Waals surface area contributed by atoms with Crippen molar-refractivity contribution in [3.63, 3.8) is 0 Å². The number of amides is 1. The Bertz CT molecular complexity index is 1520. The highest BCUT2D eigenvalue weighted by Crippen LogP contribution is 2.45. The molecule has 2 aromatic carbocycles. The van der Waals surface area contributed by atoms with Crippen molar-refractivity contribution >= 4 is 40.5 Å². The third kappa shape index (κ3) is 5.29. The number of hydrogen-bond donors (Lipinski definition) is 4. The molecule has 3 unspecified atom stereocenters. The summed E-state index contributed by atoms with van der Waals surface area (Å²) in [6.07, 6.45) is 3.95. The largest absolute Gasteiger partial charge is 0.454 e. The maximum Gasteiger partial charge on any atom is 0.311 e. The molecule has 3 aromatic rings. The number of aliphatic imine (C=N–C) groups is 1. The van der Waals surface area contributed by atoms with Crippen LogP contribution in [-0.4, -0.2) is 46.7 Å². The fraction of sp³-hybridized carbons (Fsp3) is 0.393.